The lowest BCUT2D eigenvalue weighted by Crippen LogP contribution is -2.44. The highest BCUT2D eigenvalue weighted by atomic mass is 16.3. The summed E-state index contributed by atoms with van der Waals surface area (Å²) in [6, 6.07) is 6.41. The molecule has 2 N–H and O–H groups in total. The van der Waals surface area contributed by atoms with Gasteiger partial charge in [-0.15, -0.1) is 0 Å². The summed E-state index contributed by atoms with van der Waals surface area (Å²) < 4.78 is 1.62. The van der Waals surface area contributed by atoms with Crippen LogP contribution in [0, 0.1) is 5.92 Å². The number of phenols is 1. The Kier molecular flexibility index (Phi) is 4.01. The summed E-state index contributed by atoms with van der Waals surface area (Å²) in [4.78, 5) is 26.1. The third-order valence-corrected chi connectivity index (χ3v) is 3.90. The largest absolute Gasteiger partial charge is 0.508 e. The van der Waals surface area contributed by atoms with Crippen molar-refractivity contribution in [3.63, 3.8) is 0 Å². The van der Waals surface area contributed by atoms with Crippen LogP contribution in [0.3, 0.4) is 0 Å². The van der Waals surface area contributed by atoms with Crippen molar-refractivity contribution in [1.82, 2.24) is 9.78 Å². The van der Waals surface area contributed by atoms with Gasteiger partial charge in [0.15, 0.2) is 0 Å². The number of anilines is 2. The second-order valence-corrected chi connectivity index (χ2v) is 5.65. The minimum atomic E-state index is -0.296. The first kappa shape index (κ1) is 15.1. The van der Waals surface area contributed by atoms with Crippen LogP contribution in [0.2, 0.25) is 0 Å². The smallest absolute Gasteiger partial charge is 0.229 e. The van der Waals surface area contributed by atoms with Gasteiger partial charge in [0.25, 0.3) is 0 Å². The zero-order chi connectivity index (χ0) is 16.4. The van der Waals surface area contributed by atoms with Gasteiger partial charge in [-0.2, -0.15) is 5.10 Å². The average Bonchev–Trinajstić information content (AvgIpc) is 2.94. The number of aromatic nitrogens is 2. The van der Waals surface area contributed by atoms with Gasteiger partial charge < -0.3 is 15.3 Å². The molecule has 2 heterocycles. The molecule has 1 aromatic carbocycles. The molecule has 0 radical (unpaired) electrons. The van der Waals surface area contributed by atoms with Crippen molar-refractivity contribution in [3.05, 3.63) is 36.7 Å². The van der Waals surface area contributed by atoms with E-state index in [9.17, 15) is 14.7 Å². The summed E-state index contributed by atoms with van der Waals surface area (Å²) in [6.45, 7) is 0.329. The summed E-state index contributed by atoms with van der Waals surface area (Å²) >= 11 is 0. The first-order chi connectivity index (χ1) is 11.0. The number of hydrogen-bond donors (Lipinski definition) is 2. The Morgan fingerprint density at radius 2 is 2.26 bits per heavy atom. The second kappa shape index (κ2) is 6.12. The Morgan fingerprint density at radius 3 is 2.96 bits per heavy atom. The molecule has 0 saturated carbocycles. The second-order valence-electron chi connectivity index (χ2n) is 5.65. The molecule has 23 heavy (non-hydrogen) atoms. The Balaban J connectivity index is 1.70. The van der Waals surface area contributed by atoms with Crippen molar-refractivity contribution in [2.45, 2.75) is 12.8 Å². The minimum Gasteiger partial charge on any atom is -0.508 e. The molecule has 1 aromatic heterocycles. The maximum absolute atomic E-state index is 12.4. The van der Waals surface area contributed by atoms with Crippen molar-refractivity contribution in [2.24, 2.45) is 13.0 Å². The summed E-state index contributed by atoms with van der Waals surface area (Å²) in [6.07, 6.45) is 4.22. The van der Waals surface area contributed by atoms with Gasteiger partial charge in [0, 0.05) is 38.0 Å². The van der Waals surface area contributed by atoms with Gasteiger partial charge in [0.2, 0.25) is 11.8 Å². The van der Waals surface area contributed by atoms with E-state index in [1.807, 2.05) is 0 Å². The summed E-state index contributed by atoms with van der Waals surface area (Å²) in [7, 11) is 1.78. The predicted octanol–water partition coefficient (Wildman–Crippen LogP) is 1.51. The van der Waals surface area contributed by atoms with E-state index in [0.717, 1.165) is 0 Å². The van der Waals surface area contributed by atoms with Crippen LogP contribution in [-0.2, 0) is 16.6 Å². The molecule has 1 aliphatic rings. The Labute approximate surface area is 133 Å². The molecule has 2 aromatic rings. The molecule has 1 aliphatic heterocycles. The fraction of sp³-hybridized carbons (Fsp3) is 0.312. The Morgan fingerprint density at radius 1 is 1.43 bits per heavy atom. The lowest BCUT2D eigenvalue weighted by molar-refractivity contribution is -0.124. The predicted molar refractivity (Wildman–Crippen MR) is 85.0 cm³/mol. The fourth-order valence-electron chi connectivity index (χ4n) is 2.69. The van der Waals surface area contributed by atoms with Gasteiger partial charge in [-0.25, -0.2) is 0 Å². The number of carbonyl (C=O) groups is 2. The normalized spacial score (nSPS) is 18.0. The molecule has 7 nitrogen and oxygen atoms in total. The van der Waals surface area contributed by atoms with Crippen molar-refractivity contribution < 1.29 is 14.7 Å². The van der Waals surface area contributed by atoms with E-state index in [0.29, 0.717) is 30.8 Å². The Bertz CT molecular complexity index is 740. The third kappa shape index (κ3) is 3.33. The molecular formula is C16H18N4O3. The van der Waals surface area contributed by atoms with E-state index >= 15 is 0 Å². The monoisotopic (exact) mass is 314 g/mol. The number of phenolic OH excluding ortho intramolecular Hbond substituents is 1. The van der Waals surface area contributed by atoms with E-state index in [2.05, 4.69) is 10.4 Å². The molecule has 120 valence electrons. The van der Waals surface area contributed by atoms with E-state index in [1.54, 1.807) is 47.2 Å². The van der Waals surface area contributed by atoms with Gasteiger partial charge >= 0.3 is 0 Å². The number of carbonyl (C=O) groups excluding carboxylic acids is 2. The average molecular weight is 314 g/mol. The van der Waals surface area contributed by atoms with Gasteiger partial charge in [-0.1, -0.05) is 6.07 Å². The van der Waals surface area contributed by atoms with Crippen LogP contribution in [0.1, 0.15) is 12.8 Å². The number of amides is 2. The zero-order valence-corrected chi connectivity index (χ0v) is 12.8. The zero-order valence-electron chi connectivity index (χ0n) is 12.8. The van der Waals surface area contributed by atoms with Crippen LogP contribution < -0.4 is 10.2 Å². The number of nitrogens with one attached hydrogen (secondary N) is 1. The van der Waals surface area contributed by atoms with Crippen LogP contribution in [0.5, 0.6) is 5.75 Å². The summed E-state index contributed by atoms with van der Waals surface area (Å²) in [5.74, 6) is -0.356. The standard InChI is InChI=1S/C16H18N4O3/c1-19-10-13(8-17-19)20-9-11(5-6-15(20)22)16(23)18-12-3-2-4-14(21)7-12/h2-4,7-8,10-11,21H,5-6,9H2,1H3,(H,18,23). The van der Waals surface area contributed by atoms with Gasteiger partial charge in [0.05, 0.1) is 17.8 Å². The fourth-order valence-corrected chi connectivity index (χ4v) is 2.69. The quantitative estimate of drug-likeness (QED) is 0.899. The third-order valence-electron chi connectivity index (χ3n) is 3.90. The molecule has 0 bridgehead atoms. The maximum Gasteiger partial charge on any atom is 0.229 e. The summed E-state index contributed by atoms with van der Waals surface area (Å²) in [5, 5.41) is 16.3. The van der Waals surface area contributed by atoms with Gasteiger partial charge in [-0.05, 0) is 18.6 Å². The minimum absolute atomic E-state index is 0.000550. The van der Waals surface area contributed by atoms with E-state index in [-0.39, 0.29) is 23.5 Å². The van der Waals surface area contributed by atoms with Crippen molar-refractivity contribution in [2.75, 3.05) is 16.8 Å². The van der Waals surface area contributed by atoms with Crippen LogP contribution in [0.25, 0.3) is 0 Å². The number of nitrogens with zero attached hydrogens (tertiary/aromatic N) is 3. The lowest BCUT2D eigenvalue weighted by Gasteiger charge is -2.30. The molecule has 7 heteroatoms. The summed E-state index contributed by atoms with van der Waals surface area (Å²) in [5.41, 5.74) is 1.24. The van der Waals surface area contributed by atoms with Gasteiger partial charge in [0.1, 0.15) is 5.75 Å². The highest BCUT2D eigenvalue weighted by Crippen LogP contribution is 2.25. The number of benzene rings is 1. The van der Waals surface area contributed by atoms with Crippen LogP contribution in [-0.4, -0.2) is 33.2 Å². The Hall–Kier alpha value is -2.83. The molecule has 0 spiro atoms. The highest BCUT2D eigenvalue weighted by molar-refractivity contribution is 5.99. The maximum atomic E-state index is 12.4. The molecule has 2 amide bonds. The van der Waals surface area contributed by atoms with Crippen molar-refractivity contribution in [3.8, 4) is 5.75 Å². The lowest BCUT2D eigenvalue weighted by atomic mass is 9.96. The number of rotatable bonds is 3. The molecule has 1 atom stereocenters. The topological polar surface area (TPSA) is 87.5 Å². The molecule has 3 rings (SSSR count). The molecular weight excluding hydrogens is 296 g/mol. The molecule has 1 unspecified atom stereocenters. The SMILES string of the molecule is Cn1cc(N2CC(C(=O)Nc3cccc(O)c3)CCC2=O)cn1. The number of hydrogen-bond acceptors (Lipinski definition) is 4. The van der Waals surface area contributed by atoms with Crippen LogP contribution >= 0.6 is 0 Å². The molecule has 0 aliphatic carbocycles. The van der Waals surface area contributed by atoms with E-state index in [1.165, 1.54) is 6.07 Å². The van der Waals surface area contributed by atoms with Gasteiger partial charge in [-0.3, -0.25) is 14.3 Å². The number of aromatic hydroxyl groups is 1. The van der Waals surface area contributed by atoms with Crippen molar-refractivity contribution in [1.29, 1.82) is 0 Å². The van der Waals surface area contributed by atoms with E-state index < -0.39 is 0 Å². The van der Waals surface area contributed by atoms with E-state index in [4.69, 9.17) is 0 Å². The van der Waals surface area contributed by atoms with Crippen LogP contribution in [0.15, 0.2) is 36.7 Å². The first-order valence-corrected chi connectivity index (χ1v) is 7.42. The number of piperidine rings is 1. The molecule has 1 fully saturated rings. The van der Waals surface area contributed by atoms with Crippen molar-refractivity contribution >= 4 is 23.2 Å². The van der Waals surface area contributed by atoms with Crippen LogP contribution in [0.4, 0.5) is 11.4 Å². The first-order valence-electron chi connectivity index (χ1n) is 7.42. The highest BCUT2D eigenvalue weighted by Gasteiger charge is 2.31. The number of aryl methyl sites for hydroxylation is 1. The molecule has 1 saturated heterocycles.